The molecule has 4 N–H and O–H groups in total. The topological polar surface area (TPSA) is 126 Å². The van der Waals surface area contributed by atoms with Gasteiger partial charge in [0.15, 0.2) is 0 Å². The quantitative estimate of drug-likeness (QED) is 0.500. The van der Waals surface area contributed by atoms with Crippen LogP contribution in [0.4, 0.5) is 5.69 Å². The smallest absolute Gasteiger partial charge is 0.303 e. The van der Waals surface area contributed by atoms with Crippen molar-refractivity contribution in [3.8, 4) is 0 Å². The Bertz CT molecular complexity index is 850. The maximum absolute atomic E-state index is 9.64. The van der Waals surface area contributed by atoms with E-state index in [0.29, 0.717) is 5.69 Å². The van der Waals surface area contributed by atoms with Crippen molar-refractivity contribution in [2.75, 3.05) is 5.73 Å². The van der Waals surface area contributed by atoms with E-state index >= 15 is 0 Å². The second kappa shape index (κ2) is 7.17. The molecule has 0 aliphatic rings. The second-order valence-electron chi connectivity index (χ2n) is 4.71. The summed E-state index contributed by atoms with van der Waals surface area (Å²) in [7, 11) is 0. The van der Waals surface area contributed by atoms with Crippen molar-refractivity contribution < 1.29 is 19.8 Å². The van der Waals surface area contributed by atoms with E-state index < -0.39 is 11.9 Å². The fourth-order valence-corrected chi connectivity index (χ4v) is 1.88. The summed E-state index contributed by atoms with van der Waals surface area (Å²) < 4.78 is 0. The van der Waals surface area contributed by atoms with Crippen molar-refractivity contribution in [1.29, 1.82) is 0 Å². The molecule has 0 saturated heterocycles. The number of nitrogens with two attached hydrogens (primary N) is 1. The van der Waals surface area contributed by atoms with Crippen LogP contribution >= 0.6 is 0 Å². The molecule has 0 radical (unpaired) electrons. The van der Waals surface area contributed by atoms with E-state index in [-0.39, 0.29) is 12.8 Å². The Kier molecular flexibility index (Phi) is 5.03. The molecule has 3 aromatic rings. The lowest BCUT2D eigenvalue weighted by atomic mass is 10.2. The first-order chi connectivity index (χ1) is 11.0. The number of carbonyl (C=O) groups is 2. The normalized spacial score (nSPS) is 10.1. The lowest BCUT2D eigenvalue weighted by molar-refractivity contribution is -0.143. The number of anilines is 1. The van der Waals surface area contributed by atoms with Crippen LogP contribution in [-0.2, 0) is 9.59 Å². The van der Waals surface area contributed by atoms with Crippen molar-refractivity contribution in [2.24, 2.45) is 0 Å². The predicted octanol–water partition coefficient (Wildman–Crippen LogP) is 2.30. The standard InChI is InChI=1S/C12H9N3.C4H6O4/c13-8-4-3-7-11-12(8)15-10-6-2-1-5-9(10)14-11;5-3(6)1-2-4(7)8/h1-7H,13H2;1-2H2,(H,5,6)(H,7,8). The number of para-hydroxylation sites is 3. The molecule has 0 spiro atoms. The van der Waals surface area contributed by atoms with Crippen molar-refractivity contribution >= 4 is 39.7 Å². The first kappa shape index (κ1) is 16.2. The molecule has 0 saturated carbocycles. The number of carboxylic acid groups (broad SMARTS) is 2. The first-order valence-electron chi connectivity index (χ1n) is 6.82. The van der Waals surface area contributed by atoms with E-state index in [9.17, 15) is 9.59 Å². The van der Waals surface area contributed by atoms with Gasteiger partial charge in [-0.25, -0.2) is 9.97 Å². The monoisotopic (exact) mass is 313 g/mol. The van der Waals surface area contributed by atoms with Crippen LogP contribution in [0.5, 0.6) is 0 Å². The summed E-state index contributed by atoms with van der Waals surface area (Å²) in [6, 6.07) is 13.4. The molecule has 3 rings (SSSR count). The van der Waals surface area contributed by atoms with Gasteiger partial charge in [0.25, 0.3) is 0 Å². The van der Waals surface area contributed by atoms with Gasteiger partial charge in [0, 0.05) is 0 Å². The fourth-order valence-electron chi connectivity index (χ4n) is 1.88. The molecule has 2 aromatic carbocycles. The molecule has 0 aliphatic carbocycles. The predicted molar refractivity (Wildman–Crippen MR) is 86.0 cm³/mol. The van der Waals surface area contributed by atoms with Gasteiger partial charge in [0.05, 0.1) is 35.1 Å². The average molecular weight is 313 g/mol. The van der Waals surface area contributed by atoms with Gasteiger partial charge in [-0.3, -0.25) is 9.59 Å². The Morgan fingerprint density at radius 1 is 0.826 bits per heavy atom. The zero-order valence-corrected chi connectivity index (χ0v) is 12.1. The van der Waals surface area contributed by atoms with E-state index in [1.165, 1.54) is 0 Å². The van der Waals surface area contributed by atoms with Crippen LogP contribution in [0, 0.1) is 0 Å². The maximum Gasteiger partial charge on any atom is 0.303 e. The van der Waals surface area contributed by atoms with E-state index in [1.54, 1.807) is 0 Å². The molecule has 1 aromatic heterocycles. The lowest BCUT2D eigenvalue weighted by Crippen LogP contribution is -2.00. The highest BCUT2D eigenvalue weighted by Crippen LogP contribution is 2.20. The van der Waals surface area contributed by atoms with Crippen molar-refractivity contribution in [2.45, 2.75) is 12.8 Å². The van der Waals surface area contributed by atoms with Gasteiger partial charge in [0.2, 0.25) is 0 Å². The third kappa shape index (κ3) is 4.37. The van der Waals surface area contributed by atoms with Crippen molar-refractivity contribution in [3.05, 3.63) is 42.5 Å². The lowest BCUT2D eigenvalue weighted by Gasteiger charge is -2.02. The third-order valence-electron chi connectivity index (χ3n) is 2.95. The van der Waals surface area contributed by atoms with E-state index in [4.69, 9.17) is 15.9 Å². The Labute approximate surface area is 131 Å². The number of hydrogen-bond acceptors (Lipinski definition) is 5. The minimum absolute atomic E-state index is 0.296. The van der Waals surface area contributed by atoms with Crippen LogP contribution < -0.4 is 5.73 Å². The summed E-state index contributed by atoms with van der Waals surface area (Å²) in [6.45, 7) is 0. The summed E-state index contributed by atoms with van der Waals surface area (Å²) >= 11 is 0. The molecule has 7 nitrogen and oxygen atoms in total. The highest BCUT2D eigenvalue weighted by molar-refractivity contribution is 5.92. The molecule has 0 bridgehead atoms. The van der Waals surface area contributed by atoms with Gasteiger partial charge in [0.1, 0.15) is 5.52 Å². The highest BCUT2D eigenvalue weighted by Gasteiger charge is 2.02. The number of nitrogen functional groups attached to an aromatic ring is 1. The summed E-state index contributed by atoms with van der Waals surface area (Å²) in [4.78, 5) is 28.3. The van der Waals surface area contributed by atoms with E-state index in [2.05, 4.69) is 9.97 Å². The molecule has 0 atom stereocenters. The van der Waals surface area contributed by atoms with Crippen LogP contribution in [0.15, 0.2) is 42.5 Å². The molecule has 0 fully saturated rings. The third-order valence-corrected chi connectivity index (χ3v) is 2.95. The van der Waals surface area contributed by atoms with Gasteiger partial charge in [-0.2, -0.15) is 0 Å². The van der Waals surface area contributed by atoms with E-state index in [0.717, 1.165) is 22.1 Å². The van der Waals surface area contributed by atoms with Crippen LogP contribution in [-0.4, -0.2) is 32.1 Å². The fraction of sp³-hybridized carbons (Fsp3) is 0.125. The Morgan fingerprint density at radius 3 is 1.91 bits per heavy atom. The largest absolute Gasteiger partial charge is 0.481 e. The molecule has 118 valence electrons. The van der Waals surface area contributed by atoms with Crippen molar-refractivity contribution in [1.82, 2.24) is 9.97 Å². The van der Waals surface area contributed by atoms with Gasteiger partial charge >= 0.3 is 11.9 Å². The minimum atomic E-state index is -1.08. The Balaban J connectivity index is 0.000000207. The van der Waals surface area contributed by atoms with Gasteiger partial charge in [-0.05, 0) is 24.3 Å². The number of aliphatic carboxylic acids is 2. The molecule has 23 heavy (non-hydrogen) atoms. The van der Waals surface area contributed by atoms with Crippen LogP contribution in [0.3, 0.4) is 0 Å². The molecule has 7 heteroatoms. The number of carboxylic acids is 2. The summed E-state index contributed by atoms with van der Waals surface area (Å²) in [6.07, 6.45) is -0.593. The number of nitrogens with zero attached hydrogens (tertiary/aromatic N) is 2. The zero-order chi connectivity index (χ0) is 16.8. The summed E-state index contributed by atoms with van der Waals surface area (Å²) in [5.41, 5.74) is 9.91. The number of rotatable bonds is 3. The first-order valence-corrected chi connectivity index (χ1v) is 6.82. The summed E-state index contributed by atoms with van der Waals surface area (Å²) in [5.74, 6) is -2.15. The van der Waals surface area contributed by atoms with E-state index in [1.807, 2.05) is 42.5 Å². The number of fused-ring (bicyclic) bond motifs is 2. The van der Waals surface area contributed by atoms with Gasteiger partial charge < -0.3 is 15.9 Å². The Hall–Kier alpha value is -3.22. The van der Waals surface area contributed by atoms with Crippen LogP contribution in [0.2, 0.25) is 0 Å². The molecule has 0 amide bonds. The molecular weight excluding hydrogens is 298 g/mol. The Morgan fingerprint density at radius 2 is 1.35 bits per heavy atom. The van der Waals surface area contributed by atoms with Gasteiger partial charge in [-0.1, -0.05) is 18.2 Å². The highest BCUT2D eigenvalue weighted by atomic mass is 16.4. The molecule has 0 aliphatic heterocycles. The minimum Gasteiger partial charge on any atom is -0.481 e. The van der Waals surface area contributed by atoms with Crippen LogP contribution in [0.25, 0.3) is 22.1 Å². The number of hydrogen-bond donors (Lipinski definition) is 3. The molecule has 1 heterocycles. The maximum atomic E-state index is 9.64. The van der Waals surface area contributed by atoms with Crippen molar-refractivity contribution in [3.63, 3.8) is 0 Å². The second-order valence-corrected chi connectivity index (χ2v) is 4.71. The molecular formula is C16H15N3O4. The molecule has 0 unspecified atom stereocenters. The number of aromatic nitrogens is 2. The average Bonchev–Trinajstić information content (AvgIpc) is 2.52. The SMILES string of the molecule is Nc1cccc2nc3ccccc3nc12.O=C(O)CCC(=O)O. The number of benzene rings is 2. The summed E-state index contributed by atoms with van der Waals surface area (Å²) in [5, 5.41) is 15.8. The van der Waals surface area contributed by atoms with Crippen LogP contribution in [0.1, 0.15) is 12.8 Å². The van der Waals surface area contributed by atoms with Gasteiger partial charge in [-0.15, -0.1) is 0 Å². The zero-order valence-electron chi connectivity index (χ0n) is 12.1.